The average Bonchev–Trinajstić information content (AvgIpc) is 2.05. The van der Waals surface area contributed by atoms with E-state index in [1.165, 1.54) is 14.2 Å². The normalized spacial score (nSPS) is 7.70. The zero-order valence-corrected chi connectivity index (χ0v) is 7.60. The SMILES string of the molecule is CC.CON(C)C(=O)CCl. The summed E-state index contributed by atoms with van der Waals surface area (Å²) >= 11 is 5.15. The molecule has 0 N–H and O–H groups in total. The Bertz CT molecular complexity index is 87.8. The molecule has 0 radical (unpaired) electrons. The Labute approximate surface area is 66.9 Å². The van der Waals surface area contributed by atoms with Crippen LogP contribution in [-0.4, -0.2) is 31.0 Å². The summed E-state index contributed by atoms with van der Waals surface area (Å²) in [5.41, 5.74) is 0. The van der Waals surface area contributed by atoms with E-state index in [1.54, 1.807) is 0 Å². The lowest BCUT2D eigenvalue weighted by Crippen LogP contribution is -2.26. The zero-order chi connectivity index (χ0) is 8.57. The van der Waals surface area contributed by atoms with Gasteiger partial charge in [-0.1, -0.05) is 13.8 Å². The number of rotatable bonds is 2. The molecule has 0 heterocycles. The fraction of sp³-hybridized carbons (Fsp3) is 0.833. The molecule has 0 aliphatic heterocycles. The first-order valence-electron chi connectivity index (χ1n) is 3.09. The summed E-state index contributed by atoms with van der Waals surface area (Å²) in [7, 11) is 2.91. The van der Waals surface area contributed by atoms with Crippen molar-refractivity contribution in [1.82, 2.24) is 5.06 Å². The predicted octanol–water partition coefficient (Wildman–Crippen LogP) is 1.27. The molecule has 10 heavy (non-hydrogen) atoms. The van der Waals surface area contributed by atoms with E-state index in [-0.39, 0.29) is 11.8 Å². The van der Waals surface area contributed by atoms with Crippen LogP contribution in [0, 0.1) is 0 Å². The van der Waals surface area contributed by atoms with Crippen molar-refractivity contribution < 1.29 is 9.63 Å². The topological polar surface area (TPSA) is 29.5 Å². The van der Waals surface area contributed by atoms with Crippen molar-refractivity contribution in [1.29, 1.82) is 0 Å². The Morgan fingerprint density at radius 2 is 2.00 bits per heavy atom. The van der Waals surface area contributed by atoms with Gasteiger partial charge in [0.05, 0.1) is 7.11 Å². The van der Waals surface area contributed by atoms with E-state index < -0.39 is 0 Å². The number of carbonyl (C=O) groups is 1. The number of hydrogen-bond donors (Lipinski definition) is 0. The highest BCUT2D eigenvalue weighted by Gasteiger charge is 2.02. The van der Waals surface area contributed by atoms with Crippen LogP contribution < -0.4 is 0 Å². The fourth-order valence-electron chi connectivity index (χ4n) is 0.186. The first-order chi connectivity index (χ1) is 4.72. The molecule has 0 aromatic carbocycles. The first-order valence-corrected chi connectivity index (χ1v) is 3.62. The van der Waals surface area contributed by atoms with Gasteiger partial charge in [0.25, 0.3) is 5.91 Å². The highest BCUT2D eigenvalue weighted by atomic mass is 35.5. The lowest BCUT2D eigenvalue weighted by molar-refractivity contribution is -0.165. The van der Waals surface area contributed by atoms with Gasteiger partial charge in [0.1, 0.15) is 5.88 Å². The van der Waals surface area contributed by atoms with Crippen molar-refractivity contribution >= 4 is 17.5 Å². The molecular weight excluding hydrogens is 154 g/mol. The molecular formula is C6H14ClNO2. The van der Waals surface area contributed by atoms with Crippen molar-refractivity contribution in [2.24, 2.45) is 0 Å². The Morgan fingerprint density at radius 3 is 2.10 bits per heavy atom. The molecule has 0 unspecified atom stereocenters. The monoisotopic (exact) mass is 167 g/mol. The molecule has 0 aromatic rings. The molecule has 1 amide bonds. The van der Waals surface area contributed by atoms with Gasteiger partial charge in [-0.05, 0) is 0 Å². The number of halogens is 1. The largest absolute Gasteiger partial charge is 0.275 e. The number of hydroxylamine groups is 2. The lowest BCUT2D eigenvalue weighted by Gasteiger charge is -2.10. The molecule has 0 saturated heterocycles. The molecule has 4 heteroatoms. The maximum atomic E-state index is 10.4. The highest BCUT2D eigenvalue weighted by Crippen LogP contribution is 1.85. The van der Waals surface area contributed by atoms with Crippen molar-refractivity contribution in [2.75, 3.05) is 20.0 Å². The van der Waals surface area contributed by atoms with Crippen molar-refractivity contribution in [3.05, 3.63) is 0 Å². The van der Waals surface area contributed by atoms with Crippen LogP contribution in [0.1, 0.15) is 13.8 Å². The number of amides is 1. The fourth-order valence-corrected chi connectivity index (χ4v) is 0.354. The summed E-state index contributed by atoms with van der Waals surface area (Å²) in [5.74, 6) is -0.279. The number of hydrogen-bond acceptors (Lipinski definition) is 2. The first kappa shape index (κ1) is 12.4. The van der Waals surface area contributed by atoms with Gasteiger partial charge < -0.3 is 0 Å². The van der Waals surface area contributed by atoms with Gasteiger partial charge in [-0.3, -0.25) is 9.63 Å². The Balaban J connectivity index is 0. The Morgan fingerprint density at radius 1 is 1.60 bits per heavy atom. The van der Waals surface area contributed by atoms with Gasteiger partial charge in [-0.25, -0.2) is 5.06 Å². The average molecular weight is 168 g/mol. The molecule has 0 rings (SSSR count). The minimum Gasteiger partial charge on any atom is -0.275 e. The Kier molecular flexibility index (Phi) is 10.8. The summed E-state index contributed by atoms with van der Waals surface area (Å²) < 4.78 is 0. The molecule has 0 spiro atoms. The number of alkyl halides is 1. The second kappa shape index (κ2) is 8.72. The Hall–Kier alpha value is -0.280. The zero-order valence-electron chi connectivity index (χ0n) is 6.85. The molecule has 0 aromatic heterocycles. The van der Waals surface area contributed by atoms with E-state index in [9.17, 15) is 4.79 Å². The molecule has 3 nitrogen and oxygen atoms in total. The molecule has 62 valence electrons. The van der Waals surface area contributed by atoms with Crippen LogP contribution in [0.15, 0.2) is 0 Å². The summed E-state index contributed by atoms with van der Waals surface area (Å²) in [6.07, 6.45) is 0. The smallest absolute Gasteiger partial charge is 0.260 e. The summed E-state index contributed by atoms with van der Waals surface area (Å²) in [4.78, 5) is 14.9. The van der Waals surface area contributed by atoms with E-state index in [0.717, 1.165) is 5.06 Å². The standard InChI is InChI=1S/C4H8ClNO2.C2H6/c1-6(8-2)4(7)3-5;1-2/h3H2,1-2H3;1-2H3. The van der Waals surface area contributed by atoms with E-state index >= 15 is 0 Å². The quantitative estimate of drug-likeness (QED) is 0.458. The van der Waals surface area contributed by atoms with E-state index in [0.29, 0.717) is 0 Å². The van der Waals surface area contributed by atoms with Gasteiger partial charge in [0, 0.05) is 7.05 Å². The minimum atomic E-state index is -0.242. The maximum absolute atomic E-state index is 10.4. The molecule has 0 aliphatic rings. The van der Waals surface area contributed by atoms with Crippen LogP contribution in [0.2, 0.25) is 0 Å². The van der Waals surface area contributed by atoms with Crippen LogP contribution >= 0.6 is 11.6 Å². The molecule has 0 atom stereocenters. The summed E-state index contributed by atoms with van der Waals surface area (Å²) in [6.45, 7) is 4.00. The lowest BCUT2D eigenvalue weighted by atomic mass is 10.7. The number of carbonyl (C=O) groups excluding carboxylic acids is 1. The predicted molar refractivity (Wildman–Crippen MR) is 41.8 cm³/mol. The van der Waals surface area contributed by atoms with Crippen LogP contribution in [0.4, 0.5) is 0 Å². The molecule has 0 bridgehead atoms. The van der Waals surface area contributed by atoms with E-state index in [4.69, 9.17) is 11.6 Å². The van der Waals surface area contributed by atoms with Crippen LogP contribution in [-0.2, 0) is 9.63 Å². The van der Waals surface area contributed by atoms with Crippen LogP contribution in [0.5, 0.6) is 0 Å². The second-order valence-electron chi connectivity index (χ2n) is 1.21. The second-order valence-corrected chi connectivity index (χ2v) is 1.47. The third-order valence-electron chi connectivity index (χ3n) is 0.739. The highest BCUT2D eigenvalue weighted by molar-refractivity contribution is 6.27. The number of nitrogens with zero attached hydrogens (tertiary/aromatic N) is 1. The van der Waals surface area contributed by atoms with Crippen molar-refractivity contribution in [3.63, 3.8) is 0 Å². The van der Waals surface area contributed by atoms with E-state index in [1.807, 2.05) is 13.8 Å². The minimum absolute atomic E-state index is 0.0374. The van der Waals surface area contributed by atoms with Crippen LogP contribution in [0.3, 0.4) is 0 Å². The summed E-state index contributed by atoms with van der Waals surface area (Å²) in [5, 5.41) is 1.08. The van der Waals surface area contributed by atoms with Gasteiger partial charge in [-0.2, -0.15) is 0 Å². The molecule has 0 saturated carbocycles. The van der Waals surface area contributed by atoms with Gasteiger partial charge in [0.15, 0.2) is 0 Å². The summed E-state index contributed by atoms with van der Waals surface area (Å²) in [6, 6.07) is 0. The maximum Gasteiger partial charge on any atom is 0.260 e. The molecule has 0 aliphatic carbocycles. The molecule has 0 fully saturated rings. The third-order valence-corrected chi connectivity index (χ3v) is 0.968. The third kappa shape index (κ3) is 5.85. The van der Waals surface area contributed by atoms with E-state index in [2.05, 4.69) is 4.84 Å². The van der Waals surface area contributed by atoms with Gasteiger partial charge >= 0.3 is 0 Å². The van der Waals surface area contributed by atoms with Crippen molar-refractivity contribution in [3.8, 4) is 0 Å². The van der Waals surface area contributed by atoms with Crippen LogP contribution in [0.25, 0.3) is 0 Å². The van der Waals surface area contributed by atoms with Gasteiger partial charge in [0.2, 0.25) is 0 Å². The van der Waals surface area contributed by atoms with Crippen molar-refractivity contribution in [2.45, 2.75) is 13.8 Å². The van der Waals surface area contributed by atoms with Gasteiger partial charge in [-0.15, -0.1) is 11.6 Å².